The fourth-order valence-electron chi connectivity index (χ4n) is 1.87. The zero-order valence-electron chi connectivity index (χ0n) is 10.6. The average Bonchev–Trinajstić information content (AvgIpc) is 3.03. The van der Waals surface area contributed by atoms with Crippen molar-refractivity contribution in [2.24, 2.45) is 0 Å². The lowest BCUT2D eigenvalue weighted by molar-refractivity contribution is 0.102. The van der Waals surface area contributed by atoms with E-state index in [1.54, 1.807) is 36.9 Å². The molecule has 20 heavy (non-hydrogen) atoms. The van der Waals surface area contributed by atoms with Gasteiger partial charge in [0.2, 0.25) is 0 Å². The molecule has 0 saturated heterocycles. The lowest BCUT2D eigenvalue weighted by Gasteiger charge is -2.06. The molecule has 0 unspecified atom stereocenters. The SMILES string of the molecule is O=C(Nc1cccc(-c2ncc[nH]2)c1)c1ccncc1. The summed E-state index contributed by atoms with van der Waals surface area (Å²) in [6.07, 6.45) is 6.64. The van der Waals surface area contributed by atoms with Gasteiger partial charge in [0.25, 0.3) is 5.91 Å². The van der Waals surface area contributed by atoms with Gasteiger partial charge in [-0.15, -0.1) is 0 Å². The van der Waals surface area contributed by atoms with Gasteiger partial charge in [-0.2, -0.15) is 0 Å². The van der Waals surface area contributed by atoms with Crippen molar-refractivity contribution in [3.05, 3.63) is 66.7 Å². The Morgan fingerprint density at radius 3 is 2.70 bits per heavy atom. The Hall–Kier alpha value is -2.95. The number of imidazole rings is 1. The second-order valence-corrected chi connectivity index (χ2v) is 4.21. The maximum absolute atomic E-state index is 12.0. The molecule has 2 heterocycles. The summed E-state index contributed by atoms with van der Waals surface area (Å²) in [5, 5.41) is 2.85. The van der Waals surface area contributed by atoms with Crippen LogP contribution in [0.15, 0.2) is 61.2 Å². The molecule has 2 N–H and O–H groups in total. The Labute approximate surface area is 115 Å². The van der Waals surface area contributed by atoms with Crippen LogP contribution in [0.3, 0.4) is 0 Å². The molecule has 0 fully saturated rings. The minimum atomic E-state index is -0.163. The molecule has 0 aliphatic heterocycles. The normalized spacial score (nSPS) is 10.2. The number of hydrogen-bond acceptors (Lipinski definition) is 3. The number of benzene rings is 1. The zero-order chi connectivity index (χ0) is 13.8. The lowest BCUT2D eigenvalue weighted by atomic mass is 10.2. The van der Waals surface area contributed by atoms with Gasteiger partial charge in [0.05, 0.1) is 0 Å². The second-order valence-electron chi connectivity index (χ2n) is 4.21. The highest BCUT2D eigenvalue weighted by Crippen LogP contribution is 2.19. The van der Waals surface area contributed by atoms with Crippen molar-refractivity contribution >= 4 is 11.6 Å². The van der Waals surface area contributed by atoms with Crippen LogP contribution >= 0.6 is 0 Å². The van der Waals surface area contributed by atoms with Crippen LogP contribution in [0.1, 0.15) is 10.4 Å². The summed E-state index contributed by atoms with van der Waals surface area (Å²) in [6, 6.07) is 10.9. The standard InChI is InChI=1S/C15H12N4O/c20-15(11-4-6-16-7-5-11)19-13-3-1-2-12(10-13)14-17-8-9-18-14/h1-10H,(H,17,18)(H,19,20). The number of H-pyrrole nitrogens is 1. The van der Waals surface area contributed by atoms with Gasteiger partial charge in [0.1, 0.15) is 5.82 Å². The molecule has 0 radical (unpaired) electrons. The van der Waals surface area contributed by atoms with Crippen molar-refractivity contribution in [1.29, 1.82) is 0 Å². The van der Waals surface area contributed by atoms with E-state index in [4.69, 9.17) is 0 Å². The first-order valence-electron chi connectivity index (χ1n) is 6.14. The van der Waals surface area contributed by atoms with E-state index >= 15 is 0 Å². The van der Waals surface area contributed by atoms with Gasteiger partial charge >= 0.3 is 0 Å². The van der Waals surface area contributed by atoms with Gasteiger partial charge in [-0.25, -0.2) is 4.98 Å². The summed E-state index contributed by atoms with van der Waals surface area (Å²) >= 11 is 0. The van der Waals surface area contributed by atoms with E-state index in [0.29, 0.717) is 5.56 Å². The van der Waals surface area contributed by atoms with Gasteiger partial charge < -0.3 is 10.3 Å². The third kappa shape index (κ3) is 2.56. The van der Waals surface area contributed by atoms with E-state index in [0.717, 1.165) is 17.1 Å². The van der Waals surface area contributed by atoms with E-state index < -0.39 is 0 Å². The van der Waals surface area contributed by atoms with E-state index in [2.05, 4.69) is 20.3 Å². The molecule has 0 aliphatic rings. The molecule has 0 bridgehead atoms. The van der Waals surface area contributed by atoms with Crippen molar-refractivity contribution in [3.8, 4) is 11.4 Å². The number of hydrogen-bond donors (Lipinski definition) is 2. The van der Waals surface area contributed by atoms with Crippen molar-refractivity contribution < 1.29 is 4.79 Å². The van der Waals surface area contributed by atoms with Crippen molar-refractivity contribution in [3.63, 3.8) is 0 Å². The van der Waals surface area contributed by atoms with E-state index in [1.807, 2.05) is 24.3 Å². The average molecular weight is 264 g/mol. The first kappa shape index (κ1) is 12.1. The lowest BCUT2D eigenvalue weighted by Crippen LogP contribution is -2.11. The van der Waals surface area contributed by atoms with E-state index in [-0.39, 0.29) is 5.91 Å². The molecule has 3 aromatic rings. The molecule has 0 saturated carbocycles. The smallest absolute Gasteiger partial charge is 0.255 e. The molecule has 1 aromatic carbocycles. The molecule has 5 heteroatoms. The van der Waals surface area contributed by atoms with Gasteiger partial charge in [0.15, 0.2) is 0 Å². The maximum atomic E-state index is 12.0. The molecule has 3 rings (SSSR count). The summed E-state index contributed by atoms with van der Waals surface area (Å²) in [5.41, 5.74) is 2.21. The highest BCUT2D eigenvalue weighted by atomic mass is 16.1. The number of carbonyl (C=O) groups is 1. The number of carbonyl (C=O) groups excluding carboxylic acids is 1. The fourth-order valence-corrected chi connectivity index (χ4v) is 1.87. The molecule has 98 valence electrons. The van der Waals surface area contributed by atoms with Crippen LogP contribution in [-0.2, 0) is 0 Å². The summed E-state index contributed by atoms with van der Waals surface area (Å²) in [7, 11) is 0. The van der Waals surface area contributed by atoms with Crippen molar-refractivity contribution in [2.45, 2.75) is 0 Å². The number of rotatable bonds is 3. The molecular formula is C15H12N4O. The minimum Gasteiger partial charge on any atom is -0.345 e. The van der Waals surface area contributed by atoms with Gasteiger partial charge in [-0.3, -0.25) is 9.78 Å². The molecule has 5 nitrogen and oxygen atoms in total. The third-order valence-corrected chi connectivity index (χ3v) is 2.83. The quantitative estimate of drug-likeness (QED) is 0.764. The number of pyridine rings is 1. The fraction of sp³-hybridized carbons (Fsp3) is 0. The molecule has 0 atom stereocenters. The van der Waals surface area contributed by atoms with Gasteiger partial charge in [0, 0.05) is 41.6 Å². The number of aromatic nitrogens is 3. The number of aromatic amines is 1. The number of nitrogens with one attached hydrogen (secondary N) is 2. The van der Waals surface area contributed by atoms with Crippen LogP contribution in [0.25, 0.3) is 11.4 Å². The van der Waals surface area contributed by atoms with Crippen LogP contribution in [-0.4, -0.2) is 20.9 Å². The van der Waals surface area contributed by atoms with Crippen LogP contribution in [0, 0.1) is 0 Å². The highest BCUT2D eigenvalue weighted by Gasteiger charge is 2.06. The Morgan fingerprint density at radius 1 is 1.10 bits per heavy atom. The number of amides is 1. The summed E-state index contributed by atoms with van der Waals surface area (Å²) in [6.45, 7) is 0. The Morgan fingerprint density at radius 2 is 1.95 bits per heavy atom. The zero-order valence-corrected chi connectivity index (χ0v) is 10.6. The second kappa shape index (κ2) is 5.36. The van der Waals surface area contributed by atoms with Gasteiger partial charge in [-0.05, 0) is 24.3 Å². The first-order valence-corrected chi connectivity index (χ1v) is 6.14. The Balaban J connectivity index is 1.82. The Kier molecular flexibility index (Phi) is 3.24. The Bertz CT molecular complexity index is 708. The topological polar surface area (TPSA) is 70.7 Å². The third-order valence-electron chi connectivity index (χ3n) is 2.83. The van der Waals surface area contributed by atoms with Crippen LogP contribution in [0.2, 0.25) is 0 Å². The van der Waals surface area contributed by atoms with Crippen LogP contribution in [0.4, 0.5) is 5.69 Å². The maximum Gasteiger partial charge on any atom is 0.255 e. The minimum absolute atomic E-state index is 0.163. The predicted octanol–water partition coefficient (Wildman–Crippen LogP) is 2.72. The van der Waals surface area contributed by atoms with Crippen molar-refractivity contribution in [2.75, 3.05) is 5.32 Å². The molecule has 2 aromatic heterocycles. The highest BCUT2D eigenvalue weighted by molar-refractivity contribution is 6.04. The van der Waals surface area contributed by atoms with Crippen LogP contribution < -0.4 is 5.32 Å². The van der Waals surface area contributed by atoms with E-state index in [1.165, 1.54) is 0 Å². The van der Waals surface area contributed by atoms with Crippen molar-refractivity contribution in [1.82, 2.24) is 15.0 Å². The monoisotopic (exact) mass is 264 g/mol. The van der Waals surface area contributed by atoms with E-state index in [9.17, 15) is 4.79 Å². The number of anilines is 1. The van der Waals surface area contributed by atoms with Gasteiger partial charge in [-0.1, -0.05) is 12.1 Å². The summed E-state index contributed by atoms with van der Waals surface area (Å²) in [4.78, 5) is 23.2. The summed E-state index contributed by atoms with van der Waals surface area (Å²) in [5.74, 6) is 0.606. The first-order chi connectivity index (χ1) is 9.83. The molecular weight excluding hydrogens is 252 g/mol. The molecule has 0 aliphatic carbocycles. The van der Waals surface area contributed by atoms with Crippen LogP contribution in [0.5, 0.6) is 0 Å². The molecule has 1 amide bonds. The number of nitrogens with zero attached hydrogens (tertiary/aromatic N) is 2. The summed E-state index contributed by atoms with van der Waals surface area (Å²) < 4.78 is 0. The largest absolute Gasteiger partial charge is 0.345 e. The molecule has 0 spiro atoms. The predicted molar refractivity (Wildman–Crippen MR) is 76.2 cm³/mol.